The van der Waals surface area contributed by atoms with E-state index in [1.807, 2.05) is 13.8 Å². The normalized spacial score (nSPS) is 12.6. The van der Waals surface area contributed by atoms with Gasteiger partial charge in [0.1, 0.15) is 17.6 Å². The highest BCUT2D eigenvalue weighted by atomic mass is 19.4. The van der Waals surface area contributed by atoms with E-state index < -0.39 is 18.4 Å². The van der Waals surface area contributed by atoms with Gasteiger partial charge >= 0.3 is 12.3 Å². The van der Waals surface area contributed by atoms with E-state index in [1.54, 1.807) is 13.0 Å². The zero-order chi connectivity index (χ0) is 23.5. The largest absolute Gasteiger partial charge is 0.573 e. The molecule has 0 saturated carbocycles. The van der Waals surface area contributed by atoms with Gasteiger partial charge in [-0.05, 0) is 49.1 Å². The molecule has 0 aliphatic rings. The average molecular weight is 449 g/mol. The monoisotopic (exact) mass is 449 g/mol. The first-order chi connectivity index (χ1) is 15.0. The van der Waals surface area contributed by atoms with Gasteiger partial charge in [-0.1, -0.05) is 13.8 Å². The van der Waals surface area contributed by atoms with Gasteiger partial charge in [-0.15, -0.1) is 13.2 Å². The van der Waals surface area contributed by atoms with Gasteiger partial charge in [-0.25, -0.2) is 19.7 Å². The Labute approximate surface area is 181 Å². The maximum atomic E-state index is 12.3. The first-order valence-electron chi connectivity index (χ1n) is 9.77. The molecule has 3 rings (SSSR count). The molecular weight excluding hydrogens is 427 g/mol. The van der Waals surface area contributed by atoms with E-state index in [2.05, 4.69) is 30.0 Å². The van der Waals surface area contributed by atoms with Crippen LogP contribution in [0.1, 0.15) is 26.0 Å². The van der Waals surface area contributed by atoms with Gasteiger partial charge in [0.25, 0.3) is 0 Å². The van der Waals surface area contributed by atoms with Crippen LogP contribution in [0.15, 0.2) is 36.5 Å². The molecule has 32 heavy (non-hydrogen) atoms. The fourth-order valence-electron chi connectivity index (χ4n) is 3.04. The van der Waals surface area contributed by atoms with Crippen LogP contribution in [0.5, 0.6) is 5.75 Å². The van der Waals surface area contributed by atoms with Crippen LogP contribution >= 0.6 is 0 Å². The Hall–Kier alpha value is -3.63. The number of aliphatic carboxylic acids is 1. The number of nitrogens with zero attached hydrogens (tertiary/aromatic N) is 3. The van der Waals surface area contributed by atoms with Crippen LogP contribution in [-0.4, -0.2) is 43.4 Å². The number of aromatic nitrogens is 4. The topological polar surface area (TPSA) is 113 Å². The van der Waals surface area contributed by atoms with Crippen molar-refractivity contribution in [1.82, 2.24) is 19.9 Å². The molecule has 0 bridgehead atoms. The summed E-state index contributed by atoms with van der Waals surface area (Å²) in [6.07, 6.45) is -2.83. The lowest BCUT2D eigenvalue weighted by Gasteiger charge is -2.17. The highest BCUT2D eigenvalue weighted by Crippen LogP contribution is 2.27. The number of hydrogen-bond donors (Lipinski definition) is 3. The summed E-state index contributed by atoms with van der Waals surface area (Å²) >= 11 is 0. The number of nitrogens with one attached hydrogen (secondary N) is 2. The standard InChI is InChI=1S/C21H22F3N5O3/c1-11(2)8-15(20(30)31)27-17-9-12(3)26-19(29-17)18-25-10-16(28-18)13-4-6-14(7-5-13)32-21(22,23)24/h4-7,9-11,15H,8H2,1-3H3,(H,25,28)(H,30,31)(H,26,27,29)/t15-/m0/s1. The van der Waals surface area contributed by atoms with E-state index in [1.165, 1.54) is 30.5 Å². The molecule has 0 radical (unpaired) electrons. The van der Waals surface area contributed by atoms with E-state index in [0.29, 0.717) is 35.0 Å². The Balaban J connectivity index is 1.82. The van der Waals surface area contributed by atoms with Gasteiger partial charge in [-0.3, -0.25) is 0 Å². The fraction of sp³-hybridized carbons (Fsp3) is 0.333. The molecule has 2 aromatic heterocycles. The van der Waals surface area contributed by atoms with Crippen molar-refractivity contribution in [3.8, 4) is 28.7 Å². The molecule has 0 aliphatic carbocycles. The van der Waals surface area contributed by atoms with E-state index in [9.17, 15) is 23.1 Å². The average Bonchev–Trinajstić information content (AvgIpc) is 3.16. The van der Waals surface area contributed by atoms with E-state index in [-0.39, 0.29) is 17.5 Å². The van der Waals surface area contributed by atoms with Crippen LogP contribution in [0, 0.1) is 12.8 Å². The molecule has 0 spiro atoms. The van der Waals surface area contributed by atoms with Crippen LogP contribution < -0.4 is 10.1 Å². The number of carboxylic acid groups (broad SMARTS) is 1. The SMILES string of the molecule is Cc1cc(N[C@@H](CC(C)C)C(=O)O)nc(-c2ncc(-c3ccc(OC(F)(F)F)cc3)[nH]2)n1. The highest BCUT2D eigenvalue weighted by Gasteiger charge is 2.31. The number of anilines is 1. The number of imidazole rings is 1. The lowest BCUT2D eigenvalue weighted by Crippen LogP contribution is -2.31. The lowest BCUT2D eigenvalue weighted by atomic mass is 10.0. The summed E-state index contributed by atoms with van der Waals surface area (Å²) < 4.78 is 40.8. The molecule has 0 saturated heterocycles. The first kappa shape index (κ1) is 23.0. The van der Waals surface area contributed by atoms with Crippen LogP contribution in [0.25, 0.3) is 22.9 Å². The Morgan fingerprint density at radius 2 is 1.91 bits per heavy atom. The fourth-order valence-corrected chi connectivity index (χ4v) is 3.04. The van der Waals surface area contributed by atoms with Crippen molar-refractivity contribution in [1.29, 1.82) is 0 Å². The Kier molecular flexibility index (Phi) is 6.66. The summed E-state index contributed by atoms with van der Waals surface area (Å²) in [7, 11) is 0. The number of rotatable bonds is 8. The summed E-state index contributed by atoms with van der Waals surface area (Å²) in [6.45, 7) is 5.61. The molecule has 8 nitrogen and oxygen atoms in total. The predicted octanol–water partition coefficient (Wildman–Crippen LogP) is 4.65. The van der Waals surface area contributed by atoms with Gasteiger partial charge in [0.15, 0.2) is 11.6 Å². The van der Waals surface area contributed by atoms with Crippen molar-refractivity contribution in [2.45, 2.75) is 39.6 Å². The summed E-state index contributed by atoms with van der Waals surface area (Å²) in [5.41, 5.74) is 1.74. The smallest absolute Gasteiger partial charge is 0.480 e. The number of carbonyl (C=O) groups is 1. The molecule has 11 heteroatoms. The molecule has 2 heterocycles. The minimum absolute atomic E-state index is 0.173. The van der Waals surface area contributed by atoms with Crippen molar-refractivity contribution in [2.75, 3.05) is 5.32 Å². The molecule has 0 amide bonds. The number of aromatic amines is 1. The summed E-state index contributed by atoms with van der Waals surface area (Å²) in [5.74, 6) is -0.191. The Morgan fingerprint density at radius 3 is 2.50 bits per heavy atom. The van der Waals surface area contributed by atoms with Gasteiger partial charge in [0.2, 0.25) is 0 Å². The van der Waals surface area contributed by atoms with Crippen LogP contribution in [0.2, 0.25) is 0 Å². The minimum Gasteiger partial charge on any atom is -0.480 e. The molecule has 3 N–H and O–H groups in total. The number of alkyl halides is 3. The van der Waals surface area contributed by atoms with Gasteiger partial charge in [0, 0.05) is 11.8 Å². The Morgan fingerprint density at radius 1 is 1.22 bits per heavy atom. The third kappa shape index (κ3) is 6.19. The van der Waals surface area contributed by atoms with Crippen molar-refractivity contribution in [3.05, 3.63) is 42.2 Å². The molecule has 1 atom stereocenters. The predicted molar refractivity (Wildman–Crippen MR) is 111 cm³/mol. The van der Waals surface area contributed by atoms with Crippen LogP contribution in [-0.2, 0) is 4.79 Å². The summed E-state index contributed by atoms with van der Waals surface area (Å²) in [4.78, 5) is 27.5. The maximum absolute atomic E-state index is 12.3. The van der Waals surface area contributed by atoms with E-state index in [4.69, 9.17) is 0 Å². The Bertz CT molecular complexity index is 1080. The lowest BCUT2D eigenvalue weighted by molar-refractivity contribution is -0.274. The van der Waals surface area contributed by atoms with Crippen molar-refractivity contribution < 1.29 is 27.8 Å². The van der Waals surface area contributed by atoms with E-state index in [0.717, 1.165) is 0 Å². The zero-order valence-electron chi connectivity index (χ0n) is 17.6. The second-order valence-corrected chi connectivity index (χ2v) is 7.60. The number of halogens is 3. The van der Waals surface area contributed by atoms with Crippen molar-refractivity contribution in [3.63, 3.8) is 0 Å². The van der Waals surface area contributed by atoms with E-state index >= 15 is 0 Å². The van der Waals surface area contributed by atoms with Crippen molar-refractivity contribution >= 4 is 11.8 Å². The molecule has 0 unspecified atom stereocenters. The molecule has 1 aromatic carbocycles. The number of H-pyrrole nitrogens is 1. The third-order valence-electron chi connectivity index (χ3n) is 4.37. The number of carboxylic acids is 1. The second kappa shape index (κ2) is 9.25. The van der Waals surface area contributed by atoms with Gasteiger partial charge in [-0.2, -0.15) is 0 Å². The van der Waals surface area contributed by atoms with Crippen LogP contribution in [0.3, 0.4) is 0 Å². The summed E-state index contributed by atoms with van der Waals surface area (Å²) in [5, 5.41) is 12.4. The number of benzene rings is 1. The van der Waals surface area contributed by atoms with Crippen molar-refractivity contribution in [2.24, 2.45) is 5.92 Å². The van der Waals surface area contributed by atoms with Crippen LogP contribution in [0.4, 0.5) is 19.0 Å². The molecule has 0 fully saturated rings. The first-order valence-corrected chi connectivity index (χ1v) is 9.77. The van der Waals surface area contributed by atoms with Gasteiger partial charge in [0.05, 0.1) is 11.9 Å². The molecule has 3 aromatic rings. The maximum Gasteiger partial charge on any atom is 0.573 e. The second-order valence-electron chi connectivity index (χ2n) is 7.60. The minimum atomic E-state index is -4.76. The number of ether oxygens (including phenoxy) is 1. The number of hydrogen-bond acceptors (Lipinski definition) is 6. The van der Waals surface area contributed by atoms with Gasteiger partial charge < -0.3 is 20.1 Å². The third-order valence-corrected chi connectivity index (χ3v) is 4.37. The number of aryl methyl sites for hydroxylation is 1. The molecule has 170 valence electrons. The molecule has 0 aliphatic heterocycles. The zero-order valence-corrected chi connectivity index (χ0v) is 17.6. The summed E-state index contributed by atoms with van der Waals surface area (Å²) in [6, 6.07) is 6.17. The highest BCUT2D eigenvalue weighted by molar-refractivity contribution is 5.77. The molecular formula is C21H22F3N5O3. The quantitative estimate of drug-likeness (QED) is 0.459.